The number of likely N-dealkylation sites (N-methyl/N-ethyl adjacent to an activating group) is 1. The van der Waals surface area contributed by atoms with Crippen LogP contribution < -0.4 is 10.6 Å². The van der Waals surface area contributed by atoms with E-state index >= 15 is 0 Å². The molecule has 1 aliphatic heterocycles. The van der Waals surface area contributed by atoms with Crippen LogP contribution in [0.5, 0.6) is 0 Å². The first-order chi connectivity index (χ1) is 13.9. The molecule has 7 nitrogen and oxygen atoms in total. The number of nitrogens with zero attached hydrogens (tertiary/aromatic N) is 3. The van der Waals surface area contributed by atoms with Crippen LogP contribution in [0.4, 0.5) is 0 Å². The molecule has 3 N–H and O–H groups in total. The minimum Gasteiger partial charge on any atom is -0.387 e. The second-order valence-electron chi connectivity index (χ2n) is 8.27. The number of hydrogen-bond donors (Lipinski definition) is 3. The van der Waals surface area contributed by atoms with Crippen LogP contribution in [-0.2, 0) is 11.2 Å². The number of ether oxygens (including phenoxy) is 1. The third kappa shape index (κ3) is 9.12. The van der Waals surface area contributed by atoms with Gasteiger partial charge in [-0.2, -0.15) is 0 Å². The van der Waals surface area contributed by atoms with Crippen LogP contribution in [-0.4, -0.2) is 99.1 Å². The Bertz CT molecular complexity index is 600. The quantitative estimate of drug-likeness (QED) is 0.395. The van der Waals surface area contributed by atoms with Crippen LogP contribution in [0.15, 0.2) is 35.3 Å². The summed E-state index contributed by atoms with van der Waals surface area (Å²) in [5.41, 5.74) is 0.452. The monoisotopic (exact) mass is 405 g/mol. The molecule has 1 heterocycles. The normalized spacial score (nSPS) is 19.0. The highest BCUT2D eigenvalue weighted by Crippen LogP contribution is 2.09. The smallest absolute Gasteiger partial charge is 0.191 e. The summed E-state index contributed by atoms with van der Waals surface area (Å²) in [5.74, 6) is 0.745. The third-order valence-electron chi connectivity index (χ3n) is 5.14. The van der Waals surface area contributed by atoms with E-state index in [2.05, 4.69) is 70.7 Å². The lowest BCUT2D eigenvalue weighted by Crippen LogP contribution is -2.49. The Hall–Kier alpha value is -1.67. The Morgan fingerprint density at radius 1 is 1.24 bits per heavy atom. The number of rotatable bonds is 10. The van der Waals surface area contributed by atoms with E-state index < -0.39 is 5.60 Å². The topological polar surface area (TPSA) is 72.4 Å². The molecule has 0 radical (unpaired) electrons. The van der Waals surface area contributed by atoms with Crippen molar-refractivity contribution in [1.29, 1.82) is 0 Å². The van der Waals surface area contributed by atoms with E-state index in [4.69, 9.17) is 4.74 Å². The maximum Gasteiger partial charge on any atom is 0.191 e. The first-order valence-electron chi connectivity index (χ1n) is 10.6. The minimum absolute atomic E-state index is 0.343. The van der Waals surface area contributed by atoms with Crippen LogP contribution in [0.25, 0.3) is 0 Å². The van der Waals surface area contributed by atoms with Crippen molar-refractivity contribution in [2.75, 3.05) is 66.6 Å². The van der Waals surface area contributed by atoms with Crippen LogP contribution in [0.3, 0.4) is 0 Å². The average Bonchev–Trinajstić information content (AvgIpc) is 2.70. The molecule has 1 saturated heterocycles. The van der Waals surface area contributed by atoms with Crippen molar-refractivity contribution in [2.45, 2.75) is 31.9 Å². The summed E-state index contributed by atoms with van der Waals surface area (Å²) in [6.07, 6.45) is 0.967. The second kappa shape index (κ2) is 12.1. The summed E-state index contributed by atoms with van der Waals surface area (Å²) in [7, 11) is 4.21. The number of benzene rings is 1. The molecule has 0 aliphatic carbocycles. The highest BCUT2D eigenvalue weighted by atomic mass is 16.5. The van der Waals surface area contributed by atoms with Crippen LogP contribution >= 0.6 is 0 Å². The Morgan fingerprint density at radius 2 is 1.93 bits per heavy atom. The van der Waals surface area contributed by atoms with Crippen molar-refractivity contribution >= 4 is 5.96 Å². The molecule has 7 heteroatoms. The van der Waals surface area contributed by atoms with Gasteiger partial charge in [0.05, 0.1) is 25.4 Å². The summed E-state index contributed by atoms with van der Waals surface area (Å²) in [6, 6.07) is 10.9. The summed E-state index contributed by atoms with van der Waals surface area (Å²) in [4.78, 5) is 9.13. The van der Waals surface area contributed by atoms with Crippen molar-refractivity contribution in [2.24, 2.45) is 4.99 Å². The number of hydrogen-bond acceptors (Lipinski definition) is 5. The standard InChI is InChI=1S/C22H39N5O2/c1-5-23-21(25-17-22(2,28)18-27-11-13-29-14-12-27)24-16-20(26(3)4)15-19-9-7-6-8-10-19/h6-10,20,28H,5,11-18H2,1-4H3,(H2,23,24,25). The molecule has 0 saturated carbocycles. The minimum atomic E-state index is -0.870. The molecule has 1 aromatic rings. The van der Waals surface area contributed by atoms with Crippen molar-refractivity contribution in [3.05, 3.63) is 35.9 Å². The maximum atomic E-state index is 10.8. The van der Waals surface area contributed by atoms with Crippen LogP contribution in [0.1, 0.15) is 19.4 Å². The van der Waals surface area contributed by atoms with Crippen molar-refractivity contribution in [3.8, 4) is 0 Å². The predicted molar refractivity (Wildman–Crippen MR) is 119 cm³/mol. The van der Waals surface area contributed by atoms with Crippen LogP contribution in [0, 0.1) is 0 Å². The predicted octanol–water partition coefficient (Wildman–Crippen LogP) is 0.798. The summed E-state index contributed by atoms with van der Waals surface area (Å²) < 4.78 is 5.39. The molecule has 0 bridgehead atoms. The molecule has 1 aromatic carbocycles. The molecule has 164 valence electrons. The van der Waals surface area contributed by atoms with Gasteiger partial charge in [-0.1, -0.05) is 30.3 Å². The summed E-state index contributed by atoms with van der Waals surface area (Å²) >= 11 is 0. The number of guanidine groups is 1. The van der Waals surface area contributed by atoms with Gasteiger partial charge in [0.15, 0.2) is 5.96 Å². The van der Waals surface area contributed by atoms with Gasteiger partial charge in [0.25, 0.3) is 0 Å². The number of aliphatic hydroxyl groups is 1. The number of nitrogens with one attached hydrogen (secondary N) is 2. The van der Waals surface area contributed by atoms with Crippen molar-refractivity contribution < 1.29 is 9.84 Å². The molecule has 29 heavy (non-hydrogen) atoms. The molecule has 0 amide bonds. The molecule has 2 rings (SSSR count). The fourth-order valence-electron chi connectivity index (χ4n) is 3.42. The van der Waals surface area contributed by atoms with Crippen molar-refractivity contribution in [1.82, 2.24) is 20.4 Å². The SMILES string of the molecule is CCNC(=NCC(C)(O)CN1CCOCC1)NCC(Cc1ccccc1)N(C)C. The van der Waals surface area contributed by atoms with Gasteiger partial charge in [-0.15, -0.1) is 0 Å². The van der Waals surface area contributed by atoms with E-state index in [9.17, 15) is 5.11 Å². The average molecular weight is 406 g/mol. The first-order valence-corrected chi connectivity index (χ1v) is 10.6. The number of aliphatic imine (C=N–C) groups is 1. The zero-order valence-corrected chi connectivity index (χ0v) is 18.5. The first kappa shape index (κ1) is 23.6. The maximum absolute atomic E-state index is 10.8. The lowest BCUT2D eigenvalue weighted by atomic mass is 10.1. The van der Waals surface area contributed by atoms with E-state index in [-0.39, 0.29) is 0 Å². The molecule has 0 spiro atoms. The zero-order chi connectivity index (χ0) is 21.1. The summed E-state index contributed by atoms with van der Waals surface area (Å²) in [6.45, 7) is 9.61. The van der Waals surface area contributed by atoms with Gasteiger partial charge in [0.2, 0.25) is 0 Å². The largest absolute Gasteiger partial charge is 0.387 e. The summed E-state index contributed by atoms with van der Waals surface area (Å²) in [5, 5.41) is 17.5. The van der Waals surface area contributed by atoms with E-state index in [0.29, 0.717) is 19.1 Å². The van der Waals surface area contributed by atoms with E-state index in [1.165, 1.54) is 5.56 Å². The van der Waals surface area contributed by atoms with Gasteiger partial charge in [0, 0.05) is 38.8 Å². The van der Waals surface area contributed by atoms with Gasteiger partial charge in [-0.05, 0) is 39.9 Å². The molecular weight excluding hydrogens is 366 g/mol. The Balaban J connectivity index is 1.90. The van der Waals surface area contributed by atoms with Gasteiger partial charge >= 0.3 is 0 Å². The second-order valence-corrected chi connectivity index (χ2v) is 8.27. The van der Waals surface area contributed by atoms with Gasteiger partial charge in [-0.3, -0.25) is 9.89 Å². The van der Waals surface area contributed by atoms with Gasteiger partial charge in [0.1, 0.15) is 0 Å². The van der Waals surface area contributed by atoms with Gasteiger partial charge < -0.3 is 25.4 Å². The van der Waals surface area contributed by atoms with E-state index in [1.54, 1.807) is 0 Å². The molecule has 1 fully saturated rings. The van der Waals surface area contributed by atoms with Gasteiger partial charge in [-0.25, -0.2) is 0 Å². The fraction of sp³-hybridized carbons (Fsp3) is 0.682. The molecular formula is C22H39N5O2. The molecule has 1 aliphatic rings. The number of morpholine rings is 1. The van der Waals surface area contributed by atoms with Crippen LogP contribution in [0.2, 0.25) is 0 Å². The third-order valence-corrected chi connectivity index (χ3v) is 5.14. The van der Waals surface area contributed by atoms with Crippen molar-refractivity contribution in [3.63, 3.8) is 0 Å². The molecule has 2 atom stereocenters. The lowest BCUT2D eigenvalue weighted by Gasteiger charge is -2.33. The molecule has 2 unspecified atom stereocenters. The highest BCUT2D eigenvalue weighted by molar-refractivity contribution is 5.79. The molecule has 0 aromatic heterocycles. The highest BCUT2D eigenvalue weighted by Gasteiger charge is 2.25. The number of β-amino-alcohol motifs (C(OH)–C–C–N with tert-alkyl or cyclic N) is 1. The zero-order valence-electron chi connectivity index (χ0n) is 18.5. The van der Waals surface area contributed by atoms with E-state index in [1.807, 2.05) is 13.0 Å². The Morgan fingerprint density at radius 3 is 2.55 bits per heavy atom. The lowest BCUT2D eigenvalue weighted by molar-refractivity contribution is -0.0180. The Labute approximate surface area is 176 Å². The fourth-order valence-corrected chi connectivity index (χ4v) is 3.42. The van der Waals surface area contributed by atoms with E-state index in [0.717, 1.165) is 51.8 Å². The Kier molecular flexibility index (Phi) is 9.87.